The van der Waals surface area contributed by atoms with Gasteiger partial charge in [-0.2, -0.15) is 5.10 Å². The van der Waals surface area contributed by atoms with Gasteiger partial charge in [0, 0.05) is 36.0 Å². The van der Waals surface area contributed by atoms with Crippen molar-refractivity contribution in [1.82, 2.24) is 24.6 Å². The zero-order valence-electron chi connectivity index (χ0n) is 25.0. The predicted octanol–water partition coefficient (Wildman–Crippen LogP) is 3.97. The molecule has 230 valence electrons. The molecule has 3 amide bonds. The molecule has 0 aliphatic rings. The number of thiophene rings is 1. The standard InChI is InChI=1S/C30H33N7O6S/c1-6-37-20(10-16(2)35-37)28(39)34-30-33-19-11-18(27(31)38)13-23(43-5)26(19)36(30)9-7-8-32-29(40)25-14-17-12-21(41-3)22(42-4)15-24(17)44-25/h10-15H,6-9H2,1-5H3,(H2,31,38)(H,32,40)(H,33,34,39). The van der Waals surface area contributed by atoms with Crippen LogP contribution in [0.3, 0.4) is 0 Å². The minimum absolute atomic E-state index is 0.208. The molecule has 0 saturated carbocycles. The number of hydrogen-bond donors (Lipinski definition) is 3. The van der Waals surface area contributed by atoms with E-state index in [1.807, 2.05) is 32.0 Å². The summed E-state index contributed by atoms with van der Waals surface area (Å²) in [5.74, 6) is 0.590. The van der Waals surface area contributed by atoms with Crippen molar-refractivity contribution < 1.29 is 28.6 Å². The third-order valence-electron chi connectivity index (χ3n) is 7.06. The second kappa shape index (κ2) is 12.6. The van der Waals surface area contributed by atoms with E-state index in [0.29, 0.717) is 70.6 Å². The molecule has 4 N–H and O–H groups in total. The normalized spacial score (nSPS) is 11.1. The Balaban J connectivity index is 1.37. The van der Waals surface area contributed by atoms with Gasteiger partial charge in [-0.25, -0.2) is 4.98 Å². The number of ether oxygens (including phenoxy) is 3. The molecule has 0 spiro atoms. The lowest BCUT2D eigenvalue weighted by molar-refractivity contribution is 0.0955. The summed E-state index contributed by atoms with van der Waals surface area (Å²) in [6.45, 7) is 4.94. The molecule has 2 aromatic carbocycles. The minimum atomic E-state index is -0.631. The number of primary amides is 1. The van der Waals surface area contributed by atoms with Gasteiger partial charge in [-0.3, -0.25) is 24.4 Å². The number of amides is 3. The number of nitrogens with zero attached hydrogens (tertiary/aromatic N) is 4. The zero-order valence-corrected chi connectivity index (χ0v) is 25.8. The first-order valence-electron chi connectivity index (χ1n) is 13.8. The Bertz CT molecular complexity index is 1850. The van der Waals surface area contributed by atoms with E-state index in [2.05, 4.69) is 20.7 Å². The smallest absolute Gasteiger partial charge is 0.276 e. The number of nitrogens with two attached hydrogens (primary N) is 1. The highest BCUT2D eigenvalue weighted by molar-refractivity contribution is 7.20. The molecule has 0 saturated heterocycles. The number of benzene rings is 2. The molecule has 44 heavy (non-hydrogen) atoms. The second-order valence-electron chi connectivity index (χ2n) is 9.90. The van der Waals surface area contributed by atoms with Gasteiger partial charge in [0.05, 0.1) is 37.4 Å². The fourth-order valence-electron chi connectivity index (χ4n) is 4.98. The molecule has 14 heteroatoms. The van der Waals surface area contributed by atoms with Crippen LogP contribution < -0.4 is 30.6 Å². The fraction of sp³-hybridized carbons (Fsp3) is 0.300. The second-order valence-corrected chi connectivity index (χ2v) is 11.0. The number of aryl methyl sites for hydroxylation is 3. The summed E-state index contributed by atoms with van der Waals surface area (Å²) in [6.07, 6.45) is 0.499. The van der Waals surface area contributed by atoms with Crippen molar-refractivity contribution in [2.75, 3.05) is 33.2 Å². The predicted molar refractivity (Wildman–Crippen MR) is 167 cm³/mol. The number of rotatable bonds is 12. The Labute approximate surface area is 256 Å². The first-order valence-corrected chi connectivity index (χ1v) is 14.7. The van der Waals surface area contributed by atoms with Gasteiger partial charge >= 0.3 is 0 Å². The average Bonchev–Trinajstić information content (AvgIpc) is 3.71. The lowest BCUT2D eigenvalue weighted by Crippen LogP contribution is -2.25. The minimum Gasteiger partial charge on any atom is -0.494 e. The van der Waals surface area contributed by atoms with Crippen molar-refractivity contribution in [2.45, 2.75) is 33.4 Å². The number of carbonyl (C=O) groups excluding carboxylic acids is 3. The Kier molecular flexibility index (Phi) is 8.71. The number of methoxy groups -OCH3 is 3. The van der Waals surface area contributed by atoms with Crippen molar-refractivity contribution in [2.24, 2.45) is 5.73 Å². The summed E-state index contributed by atoms with van der Waals surface area (Å²) < 4.78 is 20.6. The maximum absolute atomic E-state index is 13.3. The van der Waals surface area contributed by atoms with Crippen LogP contribution in [0.5, 0.6) is 17.2 Å². The van der Waals surface area contributed by atoms with Crippen LogP contribution in [0.4, 0.5) is 5.95 Å². The fourth-order valence-corrected chi connectivity index (χ4v) is 5.97. The third kappa shape index (κ3) is 5.88. The van der Waals surface area contributed by atoms with E-state index in [9.17, 15) is 14.4 Å². The quantitative estimate of drug-likeness (QED) is 0.177. The van der Waals surface area contributed by atoms with Gasteiger partial charge in [0.25, 0.3) is 11.8 Å². The van der Waals surface area contributed by atoms with Crippen LogP contribution in [-0.4, -0.2) is 64.9 Å². The summed E-state index contributed by atoms with van der Waals surface area (Å²) in [6, 6.07) is 10.3. The van der Waals surface area contributed by atoms with Crippen LogP contribution in [0.15, 0.2) is 36.4 Å². The number of aromatic nitrogens is 4. The maximum atomic E-state index is 13.3. The molecule has 5 aromatic rings. The van der Waals surface area contributed by atoms with Gasteiger partial charge < -0.3 is 29.8 Å². The van der Waals surface area contributed by atoms with Crippen molar-refractivity contribution in [1.29, 1.82) is 0 Å². The molecular formula is C30H33N7O6S. The summed E-state index contributed by atoms with van der Waals surface area (Å²) in [4.78, 5) is 43.4. The lowest BCUT2D eigenvalue weighted by atomic mass is 10.1. The van der Waals surface area contributed by atoms with E-state index in [4.69, 9.17) is 19.9 Å². The van der Waals surface area contributed by atoms with Crippen LogP contribution in [0, 0.1) is 6.92 Å². The van der Waals surface area contributed by atoms with Crippen LogP contribution in [0.25, 0.3) is 21.1 Å². The Morgan fingerprint density at radius 2 is 1.68 bits per heavy atom. The molecule has 0 atom stereocenters. The number of imidazole rings is 1. The van der Waals surface area contributed by atoms with Gasteiger partial charge in [-0.15, -0.1) is 11.3 Å². The number of anilines is 1. The Hall–Kier alpha value is -5.11. The van der Waals surface area contributed by atoms with E-state index in [1.165, 1.54) is 24.5 Å². The molecule has 0 unspecified atom stereocenters. The van der Waals surface area contributed by atoms with Crippen LogP contribution in [0.2, 0.25) is 0 Å². The van der Waals surface area contributed by atoms with Crippen molar-refractivity contribution in [3.05, 3.63) is 58.2 Å². The third-order valence-corrected chi connectivity index (χ3v) is 8.16. The van der Waals surface area contributed by atoms with Crippen LogP contribution in [-0.2, 0) is 13.1 Å². The first-order chi connectivity index (χ1) is 21.2. The van der Waals surface area contributed by atoms with Crippen molar-refractivity contribution in [3.8, 4) is 17.2 Å². The first kappa shape index (κ1) is 30.4. The highest BCUT2D eigenvalue weighted by Crippen LogP contribution is 2.36. The Morgan fingerprint density at radius 1 is 0.955 bits per heavy atom. The maximum Gasteiger partial charge on any atom is 0.276 e. The van der Waals surface area contributed by atoms with Crippen LogP contribution in [0.1, 0.15) is 49.6 Å². The molecule has 0 aliphatic carbocycles. The van der Waals surface area contributed by atoms with Crippen LogP contribution >= 0.6 is 11.3 Å². The highest BCUT2D eigenvalue weighted by atomic mass is 32.1. The molecule has 13 nitrogen and oxygen atoms in total. The SMILES string of the molecule is CCn1nc(C)cc1C(=O)Nc1nc2cc(C(N)=O)cc(OC)c2n1CCCNC(=O)c1cc2cc(OC)c(OC)cc2s1. The molecule has 0 aliphatic heterocycles. The van der Waals surface area contributed by atoms with E-state index in [-0.39, 0.29) is 23.3 Å². The molecule has 0 bridgehead atoms. The van der Waals surface area contributed by atoms with Gasteiger partial charge in [0.15, 0.2) is 11.5 Å². The number of hydrogen-bond acceptors (Lipinski definition) is 9. The van der Waals surface area contributed by atoms with Crippen molar-refractivity contribution >= 4 is 56.1 Å². The van der Waals surface area contributed by atoms with E-state index in [1.54, 1.807) is 35.6 Å². The highest BCUT2D eigenvalue weighted by Gasteiger charge is 2.22. The molecule has 0 fully saturated rings. The van der Waals surface area contributed by atoms with E-state index < -0.39 is 5.91 Å². The number of carbonyl (C=O) groups is 3. The van der Waals surface area contributed by atoms with E-state index >= 15 is 0 Å². The molecule has 3 heterocycles. The molecule has 0 radical (unpaired) electrons. The largest absolute Gasteiger partial charge is 0.494 e. The van der Waals surface area contributed by atoms with Gasteiger partial charge in [0.1, 0.15) is 17.0 Å². The lowest BCUT2D eigenvalue weighted by Gasteiger charge is -2.13. The summed E-state index contributed by atoms with van der Waals surface area (Å²) in [5.41, 5.74) is 7.86. The van der Waals surface area contributed by atoms with Gasteiger partial charge in [-0.05, 0) is 56.0 Å². The van der Waals surface area contributed by atoms with Crippen molar-refractivity contribution in [3.63, 3.8) is 0 Å². The summed E-state index contributed by atoms with van der Waals surface area (Å²) in [5, 5.41) is 11.1. The van der Waals surface area contributed by atoms with Gasteiger partial charge in [0.2, 0.25) is 11.9 Å². The number of nitrogens with one attached hydrogen (secondary N) is 2. The number of fused-ring (bicyclic) bond motifs is 2. The summed E-state index contributed by atoms with van der Waals surface area (Å²) >= 11 is 1.36. The Morgan fingerprint density at radius 3 is 2.36 bits per heavy atom. The molecular weight excluding hydrogens is 586 g/mol. The monoisotopic (exact) mass is 619 g/mol. The van der Waals surface area contributed by atoms with Gasteiger partial charge in [-0.1, -0.05) is 0 Å². The van der Waals surface area contributed by atoms with E-state index in [0.717, 1.165) is 10.1 Å². The zero-order chi connectivity index (χ0) is 31.5. The summed E-state index contributed by atoms with van der Waals surface area (Å²) in [7, 11) is 4.62. The molecule has 3 aromatic heterocycles. The average molecular weight is 620 g/mol. The topological polar surface area (TPSA) is 165 Å². The molecule has 5 rings (SSSR count).